The van der Waals surface area contributed by atoms with E-state index in [-0.39, 0.29) is 5.91 Å². The molecule has 3 N–H and O–H groups in total. The molecule has 20 heavy (non-hydrogen) atoms. The van der Waals surface area contributed by atoms with Crippen LogP contribution < -0.4 is 11.1 Å². The van der Waals surface area contributed by atoms with Crippen molar-refractivity contribution in [2.75, 3.05) is 12.8 Å². The summed E-state index contributed by atoms with van der Waals surface area (Å²) in [6, 6.07) is 13.0. The number of nitrogen functional groups attached to an aromatic ring is 1. The average molecular weight is 266 g/mol. The van der Waals surface area contributed by atoms with E-state index in [1.54, 1.807) is 31.6 Å². The zero-order chi connectivity index (χ0) is 14.1. The minimum atomic E-state index is -0.155. The van der Waals surface area contributed by atoms with Crippen molar-refractivity contribution in [3.05, 3.63) is 54.4 Å². The summed E-state index contributed by atoms with van der Waals surface area (Å²) < 4.78 is 1.87. The Balaban J connectivity index is 2.28. The number of imidazole rings is 1. The van der Waals surface area contributed by atoms with Crippen molar-refractivity contribution in [2.24, 2.45) is 0 Å². The summed E-state index contributed by atoms with van der Waals surface area (Å²) in [4.78, 5) is 16.3. The van der Waals surface area contributed by atoms with Gasteiger partial charge in [0, 0.05) is 12.7 Å². The zero-order valence-electron chi connectivity index (χ0n) is 11.0. The fraction of sp³-hybridized carbons (Fsp3) is 0.0667. The first kappa shape index (κ1) is 12.2. The number of amides is 1. The highest BCUT2D eigenvalue weighted by Crippen LogP contribution is 2.23. The average Bonchev–Trinajstić information content (AvgIpc) is 2.90. The molecule has 1 aromatic heterocycles. The predicted octanol–water partition coefficient (Wildman–Crippen LogP) is 1.97. The number of aromatic nitrogens is 2. The zero-order valence-corrected chi connectivity index (χ0v) is 11.0. The van der Waals surface area contributed by atoms with Crippen LogP contribution in [0.25, 0.3) is 16.7 Å². The number of anilines is 1. The topological polar surface area (TPSA) is 72.9 Å². The molecular weight excluding hydrogens is 252 g/mol. The number of benzene rings is 2. The summed E-state index contributed by atoms with van der Waals surface area (Å²) >= 11 is 0. The quantitative estimate of drug-likeness (QED) is 0.696. The lowest BCUT2D eigenvalue weighted by Gasteiger charge is -2.11. The summed E-state index contributed by atoms with van der Waals surface area (Å²) in [5, 5.41) is 2.64. The van der Waals surface area contributed by atoms with Crippen LogP contribution in [-0.4, -0.2) is 22.5 Å². The van der Waals surface area contributed by atoms with E-state index in [1.165, 1.54) is 0 Å². The second-order valence-electron chi connectivity index (χ2n) is 4.46. The SMILES string of the molecule is CNC(=O)c1ccc(N)cc1-n1cnc2ccccc21. The Morgan fingerprint density at radius 3 is 2.85 bits per heavy atom. The van der Waals surface area contributed by atoms with Crippen LogP contribution in [0.5, 0.6) is 0 Å². The molecule has 5 heteroatoms. The second-order valence-corrected chi connectivity index (χ2v) is 4.46. The molecule has 0 aliphatic heterocycles. The van der Waals surface area contributed by atoms with Crippen LogP contribution in [0, 0.1) is 0 Å². The molecule has 0 fully saturated rings. The number of carbonyl (C=O) groups is 1. The Kier molecular flexibility index (Phi) is 2.87. The summed E-state index contributed by atoms with van der Waals surface area (Å²) in [6.07, 6.45) is 1.70. The Morgan fingerprint density at radius 2 is 2.05 bits per heavy atom. The van der Waals surface area contributed by atoms with Crippen LogP contribution in [0.1, 0.15) is 10.4 Å². The molecular formula is C15H14N4O. The van der Waals surface area contributed by atoms with Gasteiger partial charge < -0.3 is 11.1 Å². The standard InChI is InChI=1S/C15H14N4O/c1-17-15(20)11-7-6-10(16)8-14(11)19-9-18-12-4-2-3-5-13(12)19/h2-9H,16H2,1H3,(H,17,20). The fourth-order valence-corrected chi connectivity index (χ4v) is 2.23. The molecule has 0 aliphatic rings. The lowest BCUT2D eigenvalue weighted by atomic mass is 10.1. The van der Waals surface area contributed by atoms with Crippen molar-refractivity contribution in [1.82, 2.24) is 14.9 Å². The van der Waals surface area contributed by atoms with Gasteiger partial charge in [0.1, 0.15) is 6.33 Å². The van der Waals surface area contributed by atoms with Crippen LogP contribution in [0.2, 0.25) is 0 Å². The van der Waals surface area contributed by atoms with Crippen molar-refractivity contribution < 1.29 is 4.79 Å². The van der Waals surface area contributed by atoms with E-state index in [0.717, 1.165) is 16.7 Å². The minimum Gasteiger partial charge on any atom is -0.399 e. The van der Waals surface area contributed by atoms with Gasteiger partial charge in [-0.05, 0) is 30.3 Å². The lowest BCUT2D eigenvalue weighted by molar-refractivity contribution is 0.0963. The molecule has 0 atom stereocenters. The van der Waals surface area contributed by atoms with Gasteiger partial charge in [-0.2, -0.15) is 0 Å². The van der Waals surface area contributed by atoms with Gasteiger partial charge in [0.2, 0.25) is 0 Å². The van der Waals surface area contributed by atoms with E-state index in [2.05, 4.69) is 10.3 Å². The van der Waals surface area contributed by atoms with E-state index in [0.29, 0.717) is 11.3 Å². The predicted molar refractivity (Wildman–Crippen MR) is 78.9 cm³/mol. The number of nitrogens with zero attached hydrogens (tertiary/aromatic N) is 2. The maximum atomic E-state index is 12.0. The molecule has 0 spiro atoms. The Bertz CT molecular complexity index is 791. The van der Waals surface area contributed by atoms with Crippen LogP contribution in [0.15, 0.2) is 48.8 Å². The van der Waals surface area contributed by atoms with E-state index in [4.69, 9.17) is 5.73 Å². The lowest BCUT2D eigenvalue weighted by Crippen LogP contribution is -2.20. The minimum absolute atomic E-state index is 0.155. The normalized spacial score (nSPS) is 10.7. The molecule has 5 nitrogen and oxygen atoms in total. The maximum Gasteiger partial charge on any atom is 0.253 e. The highest BCUT2D eigenvalue weighted by molar-refractivity contribution is 5.98. The molecule has 2 aromatic carbocycles. The van der Waals surface area contributed by atoms with Crippen LogP contribution in [-0.2, 0) is 0 Å². The molecule has 0 saturated carbocycles. The van der Waals surface area contributed by atoms with E-state index in [9.17, 15) is 4.79 Å². The molecule has 0 saturated heterocycles. The van der Waals surface area contributed by atoms with Gasteiger partial charge in [-0.1, -0.05) is 12.1 Å². The fourth-order valence-electron chi connectivity index (χ4n) is 2.23. The summed E-state index contributed by atoms with van der Waals surface area (Å²) in [6.45, 7) is 0. The van der Waals surface area contributed by atoms with Gasteiger partial charge in [-0.15, -0.1) is 0 Å². The van der Waals surface area contributed by atoms with Crippen LogP contribution >= 0.6 is 0 Å². The number of rotatable bonds is 2. The molecule has 100 valence electrons. The first-order chi connectivity index (χ1) is 9.70. The van der Waals surface area contributed by atoms with Gasteiger partial charge in [-0.3, -0.25) is 9.36 Å². The number of fused-ring (bicyclic) bond motifs is 1. The molecule has 3 rings (SSSR count). The third-order valence-corrected chi connectivity index (χ3v) is 3.21. The maximum absolute atomic E-state index is 12.0. The Morgan fingerprint density at radius 1 is 1.25 bits per heavy atom. The monoisotopic (exact) mass is 266 g/mol. The largest absolute Gasteiger partial charge is 0.399 e. The van der Waals surface area contributed by atoms with Crippen molar-refractivity contribution >= 4 is 22.6 Å². The molecule has 0 unspecified atom stereocenters. The van der Waals surface area contributed by atoms with Gasteiger partial charge in [0.15, 0.2) is 0 Å². The number of hydrogen-bond donors (Lipinski definition) is 2. The smallest absolute Gasteiger partial charge is 0.253 e. The van der Waals surface area contributed by atoms with E-state index >= 15 is 0 Å². The van der Waals surface area contributed by atoms with Crippen LogP contribution in [0.4, 0.5) is 5.69 Å². The summed E-state index contributed by atoms with van der Waals surface area (Å²) in [5.74, 6) is -0.155. The number of nitrogens with two attached hydrogens (primary N) is 1. The highest BCUT2D eigenvalue weighted by atomic mass is 16.1. The Hall–Kier alpha value is -2.82. The summed E-state index contributed by atoms with van der Waals surface area (Å²) in [5.41, 5.74) is 9.54. The molecule has 3 aromatic rings. The van der Waals surface area contributed by atoms with Gasteiger partial charge in [0.25, 0.3) is 5.91 Å². The third-order valence-electron chi connectivity index (χ3n) is 3.21. The number of carbonyl (C=O) groups excluding carboxylic acids is 1. The van der Waals surface area contributed by atoms with Gasteiger partial charge in [-0.25, -0.2) is 4.98 Å². The van der Waals surface area contributed by atoms with Crippen molar-refractivity contribution in [3.63, 3.8) is 0 Å². The summed E-state index contributed by atoms with van der Waals surface area (Å²) in [7, 11) is 1.61. The molecule has 1 amide bonds. The van der Waals surface area contributed by atoms with E-state index in [1.807, 2.05) is 28.8 Å². The van der Waals surface area contributed by atoms with Crippen molar-refractivity contribution in [2.45, 2.75) is 0 Å². The molecule has 0 bridgehead atoms. The molecule has 1 heterocycles. The van der Waals surface area contributed by atoms with Crippen molar-refractivity contribution in [1.29, 1.82) is 0 Å². The first-order valence-corrected chi connectivity index (χ1v) is 6.25. The van der Waals surface area contributed by atoms with Gasteiger partial charge >= 0.3 is 0 Å². The number of para-hydroxylation sites is 2. The second kappa shape index (κ2) is 4.70. The van der Waals surface area contributed by atoms with Gasteiger partial charge in [0.05, 0.1) is 22.3 Å². The van der Waals surface area contributed by atoms with Crippen LogP contribution in [0.3, 0.4) is 0 Å². The molecule has 0 aliphatic carbocycles. The first-order valence-electron chi connectivity index (χ1n) is 6.25. The number of hydrogen-bond acceptors (Lipinski definition) is 3. The highest BCUT2D eigenvalue weighted by Gasteiger charge is 2.13. The van der Waals surface area contributed by atoms with E-state index < -0.39 is 0 Å². The number of nitrogens with one attached hydrogen (secondary N) is 1. The Labute approximate surface area is 116 Å². The third kappa shape index (κ3) is 1.89. The molecule has 0 radical (unpaired) electrons. The van der Waals surface area contributed by atoms with Crippen molar-refractivity contribution in [3.8, 4) is 5.69 Å².